The van der Waals surface area contributed by atoms with Crippen LogP contribution >= 0.6 is 45.8 Å². The lowest BCUT2D eigenvalue weighted by Gasteiger charge is -2.32. The minimum Gasteiger partial charge on any atom is -0.338 e. The Bertz CT molecular complexity index is 465. The van der Waals surface area contributed by atoms with Crippen molar-refractivity contribution in [2.75, 3.05) is 19.0 Å². The number of alkyl halides is 1. The molecule has 2 nitrogen and oxygen atoms in total. The SMILES string of the molecule is O=C(c1ccc(I)c(Cl)c1)N1CCCC(CCCl)C1. The van der Waals surface area contributed by atoms with E-state index < -0.39 is 0 Å². The topological polar surface area (TPSA) is 20.3 Å². The fourth-order valence-corrected chi connectivity index (χ4v) is 3.28. The zero-order valence-electron chi connectivity index (χ0n) is 10.5. The zero-order valence-corrected chi connectivity index (χ0v) is 14.2. The first-order chi connectivity index (χ1) is 9.11. The maximum atomic E-state index is 12.4. The summed E-state index contributed by atoms with van der Waals surface area (Å²) in [7, 11) is 0. The second-order valence-corrected chi connectivity index (χ2v) is 6.81. The molecule has 0 aromatic heterocycles. The molecule has 0 bridgehead atoms. The Morgan fingerprint density at radius 3 is 2.95 bits per heavy atom. The fourth-order valence-electron chi connectivity index (χ4n) is 2.45. The lowest BCUT2D eigenvalue weighted by molar-refractivity contribution is 0.0671. The molecular weight excluding hydrogens is 396 g/mol. The van der Waals surface area contributed by atoms with Crippen LogP contribution in [-0.4, -0.2) is 29.8 Å². The average Bonchev–Trinajstić information content (AvgIpc) is 2.42. The van der Waals surface area contributed by atoms with Crippen molar-refractivity contribution in [2.24, 2.45) is 5.92 Å². The minimum absolute atomic E-state index is 0.0811. The predicted octanol–water partition coefficient (Wildman–Crippen LogP) is 4.43. The van der Waals surface area contributed by atoms with E-state index in [9.17, 15) is 4.79 Å². The first-order valence-electron chi connectivity index (χ1n) is 6.42. The second kappa shape index (κ2) is 7.14. The van der Waals surface area contributed by atoms with Gasteiger partial charge in [-0.25, -0.2) is 0 Å². The van der Waals surface area contributed by atoms with Crippen LogP contribution in [0.25, 0.3) is 0 Å². The van der Waals surface area contributed by atoms with Crippen molar-refractivity contribution in [1.82, 2.24) is 4.90 Å². The van der Waals surface area contributed by atoms with Crippen LogP contribution in [0.4, 0.5) is 0 Å². The normalized spacial score (nSPS) is 19.5. The van der Waals surface area contributed by atoms with E-state index in [-0.39, 0.29) is 5.91 Å². The number of hydrogen-bond acceptors (Lipinski definition) is 1. The standard InChI is InChI=1S/C14H16Cl2INO/c15-6-5-10-2-1-7-18(9-10)14(19)11-3-4-13(17)12(16)8-11/h3-4,8,10H,1-2,5-7,9H2. The molecule has 1 aromatic carbocycles. The molecule has 1 atom stereocenters. The van der Waals surface area contributed by atoms with Crippen molar-refractivity contribution in [1.29, 1.82) is 0 Å². The molecule has 1 aromatic rings. The summed E-state index contributed by atoms with van der Waals surface area (Å²) in [6, 6.07) is 5.49. The zero-order chi connectivity index (χ0) is 13.8. The number of amides is 1. The maximum absolute atomic E-state index is 12.4. The van der Waals surface area contributed by atoms with Gasteiger partial charge in [0, 0.05) is 28.1 Å². The number of carbonyl (C=O) groups excluding carboxylic acids is 1. The Labute approximate surface area is 137 Å². The molecule has 0 N–H and O–H groups in total. The van der Waals surface area contributed by atoms with Crippen LogP contribution < -0.4 is 0 Å². The van der Waals surface area contributed by atoms with E-state index in [2.05, 4.69) is 22.6 Å². The van der Waals surface area contributed by atoms with Gasteiger partial charge in [0.15, 0.2) is 0 Å². The molecule has 2 rings (SSSR count). The van der Waals surface area contributed by atoms with E-state index >= 15 is 0 Å². The third-order valence-corrected chi connectivity index (χ3v) is 5.28. The van der Waals surface area contributed by atoms with Gasteiger partial charge in [0.1, 0.15) is 0 Å². The third kappa shape index (κ3) is 3.99. The summed E-state index contributed by atoms with van der Waals surface area (Å²) in [6.45, 7) is 1.65. The first kappa shape index (κ1) is 15.4. The van der Waals surface area contributed by atoms with Gasteiger partial charge in [-0.2, -0.15) is 0 Å². The van der Waals surface area contributed by atoms with Gasteiger partial charge in [-0.1, -0.05) is 11.6 Å². The van der Waals surface area contributed by atoms with E-state index in [1.165, 1.54) is 6.42 Å². The Morgan fingerprint density at radius 1 is 1.47 bits per heavy atom. The molecule has 0 aliphatic carbocycles. The third-order valence-electron chi connectivity index (χ3n) is 3.49. The van der Waals surface area contributed by atoms with Crippen LogP contribution in [0, 0.1) is 9.49 Å². The van der Waals surface area contributed by atoms with Gasteiger partial charge in [0.25, 0.3) is 5.91 Å². The van der Waals surface area contributed by atoms with Crippen molar-refractivity contribution in [3.63, 3.8) is 0 Å². The van der Waals surface area contributed by atoms with Crippen LogP contribution in [-0.2, 0) is 0 Å². The average molecular weight is 412 g/mol. The van der Waals surface area contributed by atoms with Gasteiger partial charge in [-0.3, -0.25) is 4.79 Å². The number of halogens is 3. The number of carbonyl (C=O) groups is 1. The summed E-state index contributed by atoms with van der Waals surface area (Å²) in [5, 5.41) is 0.640. The van der Waals surface area contributed by atoms with E-state index in [0.717, 1.165) is 29.5 Å². The van der Waals surface area contributed by atoms with Crippen LogP contribution in [0.3, 0.4) is 0 Å². The van der Waals surface area contributed by atoms with Crippen LogP contribution in [0.1, 0.15) is 29.6 Å². The van der Waals surface area contributed by atoms with Gasteiger partial charge < -0.3 is 4.90 Å². The number of hydrogen-bond donors (Lipinski definition) is 0. The highest BCUT2D eigenvalue weighted by Crippen LogP contribution is 2.24. The van der Waals surface area contributed by atoms with Crippen LogP contribution in [0.2, 0.25) is 5.02 Å². The Kier molecular flexibility index (Phi) is 5.78. The molecule has 1 saturated heterocycles. The van der Waals surface area contributed by atoms with E-state index in [1.54, 1.807) is 6.07 Å². The number of rotatable bonds is 3. The van der Waals surface area contributed by atoms with Crippen molar-refractivity contribution in [2.45, 2.75) is 19.3 Å². The smallest absolute Gasteiger partial charge is 0.253 e. The van der Waals surface area contributed by atoms with Crippen molar-refractivity contribution >= 4 is 51.7 Å². The molecule has 0 spiro atoms. The Balaban J connectivity index is 2.08. The van der Waals surface area contributed by atoms with Gasteiger partial charge in [-0.15, -0.1) is 11.6 Å². The summed E-state index contributed by atoms with van der Waals surface area (Å²) in [5.41, 5.74) is 0.678. The van der Waals surface area contributed by atoms with Crippen LogP contribution in [0.15, 0.2) is 18.2 Å². The first-order valence-corrected chi connectivity index (χ1v) is 8.41. The van der Waals surface area contributed by atoms with Crippen molar-refractivity contribution < 1.29 is 4.79 Å². The van der Waals surface area contributed by atoms with Crippen molar-refractivity contribution in [3.8, 4) is 0 Å². The second-order valence-electron chi connectivity index (χ2n) is 4.87. The fraction of sp³-hybridized carbons (Fsp3) is 0.500. The van der Waals surface area contributed by atoms with E-state index in [4.69, 9.17) is 23.2 Å². The molecule has 19 heavy (non-hydrogen) atoms. The minimum atomic E-state index is 0.0811. The number of nitrogens with zero attached hydrogens (tertiary/aromatic N) is 1. The summed E-state index contributed by atoms with van der Waals surface area (Å²) < 4.78 is 0.967. The monoisotopic (exact) mass is 411 g/mol. The number of benzene rings is 1. The lowest BCUT2D eigenvalue weighted by Crippen LogP contribution is -2.40. The maximum Gasteiger partial charge on any atom is 0.253 e. The van der Waals surface area contributed by atoms with Gasteiger partial charge in [0.05, 0.1) is 5.02 Å². The highest BCUT2D eigenvalue weighted by atomic mass is 127. The van der Waals surface area contributed by atoms with E-state index in [1.807, 2.05) is 17.0 Å². The highest BCUT2D eigenvalue weighted by Gasteiger charge is 2.24. The molecule has 1 aliphatic heterocycles. The number of piperidine rings is 1. The number of likely N-dealkylation sites (tertiary alicyclic amines) is 1. The van der Waals surface area contributed by atoms with Gasteiger partial charge in [0.2, 0.25) is 0 Å². The molecule has 1 unspecified atom stereocenters. The molecule has 5 heteroatoms. The Morgan fingerprint density at radius 2 is 2.26 bits per heavy atom. The molecule has 1 fully saturated rings. The van der Waals surface area contributed by atoms with E-state index in [0.29, 0.717) is 22.4 Å². The molecule has 104 valence electrons. The summed E-state index contributed by atoms with van der Waals surface area (Å²) in [4.78, 5) is 14.4. The largest absolute Gasteiger partial charge is 0.338 e. The molecule has 1 aliphatic rings. The molecule has 0 radical (unpaired) electrons. The molecule has 1 amide bonds. The lowest BCUT2D eigenvalue weighted by atomic mass is 9.95. The van der Waals surface area contributed by atoms with Gasteiger partial charge in [-0.05, 0) is 66.0 Å². The van der Waals surface area contributed by atoms with Crippen molar-refractivity contribution in [3.05, 3.63) is 32.4 Å². The predicted molar refractivity (Wildman–Crippen MR) is 88.1 cm³/mol. The summed E-state index contributed by atoms with van der Waals surface area (Å²) >= 11 is 14.0. The van der Waals surface area contributed by atoms with Gasteiger partial charge >= 0.3 is 0 Å². The molecule has 1 heterocycles. The summed E-state index contributed by atoms with van der Waals surface area (Å²) in [6.07, 6.45) is 3.22. The summed E-state index contributed by atoms with van der Waals surface area (Å²) in [5.74, 6) is 1.29. The van der Waals surface area contributed by atoms with Crippen LogP contribution in [0.5, 0.6) is 0 Å². The molecule has 0 saturated carbocycles. The molecular formula is C14H16Cl2INO. The Hall–Kier alpha value is -0.000000000000000167. The highest BCUT2D eigenvalue weighted by molar-refractivity contribution is 14.1. The quantitative estimate of drug-likeness (QED) is 0.532.